The molecule has 1 aromatic rings. The third-order valence-corrected chi connectivity index (χ3v) is 6.07. The van der Waals surface area contributed by atoms with Gasteiger partial charge in [-0.15, -0.1) is 0 Å². The average molecular weight is 354 g/mol. The summed E-state index contributed by atoms with van der Waals surface area (Å²) in [6, 6.07) is 7.15. The van der Waals surface area contributed by atoms with E-state index in [1.807, 2.05) is 0 Å². The zero-order valence-electron chi connectivity index (χ0n) is 14.2. The Morgan fingerprint density at radius 1 is 1.21 bits per heavy atom. The summed E-state index contributed by atoms with van der Waals surface area (Å²) in [5.41, 5.74) is 0.681. The van der Waals surface area contributed by atoms with E-state index in [4.69, 9.17) is 4.74 Å². The number of nitrogens with zero attached hydrogens (tertiary/aromatic N) is 1. The van der Waals surface area contributed by atoms with Gasteiger partial charge in [0.05, 0.1) is 12.9 Å². The molecule has 0 aromatic heterocycles. The van der Waals surface area contributed by atoms with Gasteiger partial charge in [-0.25, -0.2) is 12.7 Å². The quantitative estimate of drug-likeness (QED) is 0.728. The topological polar surface area (TPSA) is 75.7 Å². The number of hydrogen-bond donors (Lipinski definition) is 1. The Kier molecular flexibility index (Phi) is 7.05. The van der Waals surface area contributed by atoms with Gasteiger partial charge in [-0.05, 0) is 37.8 Å². The first-order valence-electron chi connectivity index (χ1n) is 8.43. The lowest BCUT2D eigenvalue weighted by Crippen LogP contribution is -2.37. The van der Waals surface area contributed by atoms with Crippen molar-refractivity contribution in [3.8, 4) is 5.75 Å². The minimum absolute atomic E-state index is 0.112. The molecule has 0 spiro atoms. The van der Waals surface area contributed by atoms with Gasteiger partial charge in [0.15, 0.2) is 0 Å². The number of ether oxygens (including phenoxy) is 1. The van der Waals surface area contributed by atoms with Crippen molar-refractivity contribution in [2.45, 2.75) is 38.5 Å². The first-order chi connectivity index (χ1) is 11.5. The number of nitrogens with one attached hydrogen (secondary N) is 1. The number of hydrogen-bond acceptors (Lipinski definition) is 4. The number of sulfonamides is 1. The molecule has 1 amide bonds. The molecular weight excluding hydrogens is 328 g/mol. The molecule has 0 aliphatic carbocycles. The second-order valence-electron chi connectivity index (χ2n) is 6.01. The molecule has 1 aliphatic heterocycles. The van der Waals surface area contributed by atoms with E-state index < -0.39 is 10.0 Å². The molecule has 0 bridgehead atoms. The average Bonchev–Trinajstić information content (AvgIpc) is 2.60. The van der Waals surface area contributed by atoms with Crippen molar-refractivity contribution in [2.75, 3.05) is 31.3 Å². The first-order valence-corrected chi connectivity index (χ1v) is 10.0. The van der Waals surface area contributed by atoms with Crippen molar-refractivity contribution < 1.29 is 17.9 Å². The Balaban J connectivity index is 1.70. The van der Waals surface area contributed by atoms with Gasteiger partial charge in [-0.2, -0.15) is 0 Å². The molecule has 6 nitrogen and oxygen atoms in total. The summed E-state index contributed by atoms with van der Waals surface area (Å²) in [5.74, 6) is 0.693. The Morgan fingerprint density at radius 2 is 1.96 bits per heavy atom. The summed E-state index contributed by atoms with van der Waals surface area (Å²) in [6.45, 7) is 1.28. The summed E-state index contributed by atoms with van der Waals surface area (Å²) in [4.78, 5) is 11.9. The maximum absolute atomic E-state index is 12.2. The number of rotatable bonds is 8. The van der Waals surface area contributed by atoms with Gasteiger partial charge in [0.2, 0.25) is 15.9 Å². The third-order valence-electron chi connectivity index (χ3n) is 4.12. The molecule has 0 atom stereocenters. The van der Waals surface area contributed by atoms with E-state index in [-0.39, 0.29) is 11.7 Å². The van der Waals surface area contributed by atoms with E-state index in [1.54, 1.807) is 35.7 Å². The fourth-order valence-electron chi connectivity index (χ4n) is 2.77. The van der Waals surface area contributed by atoms with Crippen molar-refractivity contribution in [3.63, 3.8) is 0 Å². The van der Waals surface area contributed by atoms with Gasteiger partial charge in [-0.1, -0.05) is 12.5 Å². The maximum Gasteiger partial charge on any atom is 0.224 e. The number of piperidine rings is 1. The number of methoxy groups -OCH3 is 1. The number of carbonyl (C=O) groups excluding carboxylic acids is 1. The van der Waals surface area contributed by atoms with Crippen molar-refractivity contribution in [2.24, 2.45) is 0 Å². The summed E-state index contributed by atoms with van der Waals surface area (Å²) in [5, 5.41) is 2.80. The number of unbranched alkanes of at least 4 members (excludes halogenated alkanes) is 1. The highest BCUT2D eigenvalue weighted by molar-refractivity contribution is 7.89. The second kappa shape index (κ2) is 9.03. The smallest absolute Gasteiger partial charge is 0.224 e. The Hall–Kier alpha value is -1.60. The molecule has 1 saturated heterocycles. The monoisotopic (exact) mass is 354 g/mol. The minimum atomic E-state index is -3.16. The lowest BCUT2D eigenvalue weighted by Gasteiger charge is -2.25. The molecule has 1 heterocycles. The lowest BCUT2D eigenvalue weighted by atomic mass is 10.2. The van der Waals surface area contributed by atoms with Crippen LogP contribution in [0.2, 0.25) is 0 Å². The van der Waals surface area contributed by atoms with E-state index in [1.165, 1.54) is 0 Å². The van der Waals surface area contributed by atoms with Crippen LogP contribution in [0.5, 0.6) is 5.75 Å². The molecular formula is C17H26N2O4S. The Bertz CT molecular complexity index is 640. The van der Waals surface area contributed by atoms with Gasteiger partial charge < -0.3 is 10.1 Å². The fraction of sp³-hybridized carbons (Fsp3) is 0.588. The highest BCUT2D eigenvalue weighted by atomic mass is 32.2. The number of amides is 1. The summed E-state index contributed by atoms with van der Waals surface area (Å²) >= 11 is 0. The van der Waals surface area contributed by atoms with Gasteiger partial charge in [0.1, 0.15) is 5.75 Å². The molecule has 1 aromatic carbocycles. The summed E-state index contributed by atoms with van der Waals surface area (Å²) < 4.78 is 31.1. The van der Waals surface area contributed by atoms with E-state index in [2.05, 4.69) is 5.32 Å². The predicted molar refractivity (Wildman–Crippen MR) is 94.7 cm³/mol. The second-order valence-corrected chi connectivity index (χ2v) is 8.10. The van der Waals surface area contributed by atoms with Crippen LogP contribution in [0.1, 0.15) is 38.5 Å². The van der Waals surface area contributed by atoms with Crippen molar-refractivity contribution in [1.29, 1.82) is 0 Å². The molecule has 0 unspecified atom stereocenters. The van der Waals surface area contributed by atoms with Gasteiger partial charge in [0, 0.05) is 31.3 Å². The molecule has 24 heavy (non-hydrogen) atoms. The largest absolute Gasteiger partial charge is 0.497 e. The molecule has 0 radical (unpaired) electrons. The first kappa shape index (κ1) is 18.7. The van der Waals surface area contributed by atoms with Crippen LogP contribution in [0.3, 0.4) is 0 Å². The standard InChI is InChI=1S/C17H26N2O4S/c1-23-16-9-7-8-15(14-16)18-17(20)10-3-6-13-24(21,22)19-11-4-2-5-12-19/h7-9,14H,2-6,10-13H2,1H3,(H,18,20). The van der Waals surface area contributed by atoms with E-state index >= 15 is 0 Å². The number of carbonyl (C=O) groups is 1. The zero-order valence-corrected chi connectivity index (χ0v) is 15.0. The summed E-state index contributed by atoms with van der Waals surface area (Å²) in [7, 11) is -1.59. The third kappa shape index (κ3) is 5.79. The van der Waals surface area contributed by atoms with Crippen molar-refractivity contribution >= 4 is 21.6 Å². The van der Waals surface area contributed by atoms with Crippen LogP contribution < -0.4 is 10.1 Å². The van der Waals surface area contributed by atoms with E-state index in [9.17, 15) is 13.2 Å². The number of anilines is 1. The SMILES string of the molecule is COc1cccc(NC(=O)CCCCS(=O)(=O)N2CCCCC2)c1. The van der Waals surface area contributed by atoms with Crippen LogP contribution in [0, 0.1) is 0 Å². The number of benzene rings is 1. The van der Waals surface area contributed by atoms with Crippen molar-refractivity contribution in [3.05, 3.63) is 24.3 Å². The van der Waals surface area contributed by atoms with Crippen molar-refractivity contribution in [1.82, 2.24) is 4.31 Å². The normalized spacial score (nSPS) is 15.9. The predicted octanol–water partition coefficient (Wildman–Crippen LogP) is 2.62. The highest BCUT2D eigenvalue weighted by Crippen LogP contribution is 2.17. The molecule has 7 heteroatoms. The van der Waals surface area contributed by atoms with Crippen LogP contribution >= 0.6 is 0 Å². The molecule has 0 saturated carbocycles. The highest BCUT2D eigenvalue weighted by Gasteiger charge is 2.23. The lowest BCUT2D eigenvalue weighted by molar-refractivity contribution is -0.116. The molecule has 134 valence electrons. The molecule has 1 aliphatic rings. The minimum Gasteiger partial charge on any atom is -0.497 e. The molecule has 1 fully saturated rings. The maximum atomic E-state index is 12.2. The summed E-state index contributed by atoms with van der Waals surface area (Å²) in [6.07, 6.45) is 4.38. The molecule has 1 N–H and O–H groups in total. The Morgan fingerprint density at radius 3 is 2.67 bits per heavy atom. The van der Waals surface area contributed by atoms with Gasteiger partial charge in [0.25, 0.3) is 0 Å². The van der Waals surface area contributed by atoms with Crippen LogP contribution in [-0.2, 0) is 14.8 Å². The van der Waals surface area contributed by atoms with Gasteiger partial charge in [-0.3, -0.25) is 4.79 Å². The zero-order chi connectivity index (χ0) is 17.4. The van der Waals surface area contributed by atoms with Gasteiger partial charge >= 0.3 is 0 Å². The van der Waals surface area contributed by atoms with E-state index in [0.717, 1.165) is 19.3 Å². The Labute approximate surface area is 144 Å². The van der Waals surface area contributed by atoms with Crippen LogP contribution in [0.25, 0.3) is 0 Å². The van der Waals surface area contributed by atoms with E-state index in [0.29, 0.717) is 43.8 Å². The van der Waals surface area contributed by atoms with Crippen LogP contribution in [0.15, 0.2) is 24.3 Å². The molecule has 2 rings (SSSR count). The van der Waals surface area contributed by atoms with Crippen LogP contribution in [0.4, 0.5) is 5.69 Å². The van der Waals surface area contributed by atoms with Crippen LogP contribution in [-0.4, -0.2) is 44.6 Å². The fourth-order valence-corrected chi connectivity index (χ4v) is 4.41.